The summed E-state index contributed by atoms with van der Waals surface area (Å²) in [6.45, 7) is 4.46. The first kappa shape index (κ1) is 10.0. The molecule has 0 bridgehead atoms. The third-order valence-corrected chi connectivity index (χ3v) is 0.957. The van der Waals surface area contributed by atoms with Crippen molar-refractivity contribution in [2.24, 2.45) is 0 Å². The maximum absolute atomic E-state index is 2.23. The summed E-state index contributed by atoms with van der Waals surface area (Å²) < 4.78 is 0. The average molecular weight is 106 g/mol. The molecule has 0 heterocycles. The molecule has 0 aliphatic heterocycles. The number of hydrogen-bond acceptors (Lipinski definition) is 0. The first-order chi connectivity index (χ1) is 2.91. The highest BCUT2D eigenvalue weighted by atomic mass is 16.0. The van der Waals surface area contributed by atoms with Gasteiger partial charge in [0.2, 0.25) is 0 Å². The fourth-order valence-corrected chi connectivity index (χ4v) is 0.500. The monoisotopic (exact) mass is 106 g/mol. The van der Waals surface area contributed by atoms with Crippen LogP contribution in [0.4, 0.5) is 0 Å². The molecule has 0 aliphatic rings. The molecule has 48 valence electrons. The smallest absolute Gasteiger partial charge is 0 e. The first-order valence-electron chi connectivity index (χ1n) is 2.91. The van der Waals surface area contributed by atoms with Gasteiger partial charge in [0.05, 0.1) is 0 Å². The Morgan fingerprint density at radius 1 is 1.00 bits per heavy atom. The predicted octanol–water partition coefficient (Wildman–Crippen LogP) is 2.01. The van der Waals surface area contributed by atoms with Crippen LogP contribution in [0.25, 0.3) is 0 Å². The van der Waals surface area contributed by atoms with Crippen molar-refractivity contribution in [1.29, 1.82) is 0 Å². The normalized spacial score (nSPS) is 7.71. The molecule has 0 saturated heterocycles. The molecule has 0 amide bonds. The maximum Gasteiger partial charge on any atom is 0 e. The second kappa shape index (κ2) is 9.35. The van der Waals surface area contributed by atoms with Crippen LogP contribution in [-0.4, -0.2) is 5.48 Å². The van der Waals surface area contributed by atoms with Crippen LogP contribution in [0.15, 0.2) is 0 Å². The minimum Gasteiger partial charge on any atom is -0.412 e. The van der Waals surface area contributed by atoms with Crippen LogP contribution in [0.2, 0.25) is 0 Å². The zero-order valence-corrected chi connectivity index (χ0v) is 5.33. The van der Waals surface area contributed by atoms with Crippen molar-refractivity contribution >= 4 is 0 Å². The molecule has 0 radical (unpaired) electrons. The molecule has 0 unspecified atom stereocenters. The van der Waals surface area contributed by atoms with Gasteiger partial charge < -0.3 is 5.48 Å². The molecule has 2 N–H and O–H groups in total. The number of unbranched alkanes of at least 4 members (excludes halogenated alkanes) is 3. The summed E-state index contributed by atoms with van der Waals surface area (Å²) in [5, 5.41) is 0. The van der Waals surface area contributed by atoms with Gasteiger partial charge in [-0.05, 0) is 0 Å². The second-order valence-electron chi connectivity index (χ2n) is 1.71. The third-order valence-electron chi connectivity index (χ3n) is 0.957. The fourth-order valence-electron chi connectivity index (χ4n) is 0.500. The molecule has 1 heteroatoms. The van der Waals surface area contributed by atoms with E-state index >= 15 is 0 Å². The third kappa shape index (κ3) is 10.7. The summed E-state index contributed by atoms with van der Waals surface area (Å²) in [6, 6.07) is 0. The highest BCUT2D eigenvalue weighted by Crippen LogP contribution is 1.95. The van der Waals surface area contributed by atoms with Crippen molar-refractivity contribution in [3.8, 4) is 0 Å². The largest absolute Gasteiger partial charge is 0.412 e. The van der Waals surface area contributed by atoms with Crippen molar-refractivity contribution in [3.63, 3.8) is 0 Å². The van der Waals surface area contributed by atoms with E-state index in [1.165, 1.54) is 25.7 Å². The molecule has 7 heavy (non-hydrogen) atoms. The summed E-state index contributed by atoms with van der Waals surface area (Å²) in [6.07, 6.45) is 5.54. The van der Waals surface area contributed by atoms with E-state index in [2.05, 4.69) is 13.8 Å². The summed E-state index contributed by atoms with van der Waals surface area (Å²) in [7, 11) is 0. The van der Waals surface area contributed by atoms with Gasteiger partial charge in [-0.3, -0.25) is 0 Å². The Kier molecular flexibility index (Phi) is 13.4. The van der Waals surface area contributed by atoms with Gasteiger partial charge in [0.25, 0.3) is 0 Å². The molecule has 0 atom stereocenters. The first-order valence-corrected chi connectivity index (χ1v) is 2.91. The molecule has 0 aromatic carbocycles. The zero-order valence-electron chi connectivity index (χ0n) is 5.33. The maximum atomic E-state index is 2.23. The molecule has 1 nitrogen and oxygen atoms in total. The quantitative estimate of drug-likeness (QED) is 0.493. The van der Waals surface area contributed by atoms with E-state index in [-0.39, 0.29) is 6.90 Å². The van der Waals surface area contributed by atoms with Gasteiger partial charge >= 0.3 is 0 Å². The topological polar surface area (TPSA) is 31.5 Å². The summed E-state index contributed by atoms with van der Waals surface area (Å²) >= 11 is 0. The van der Waals surface area contributed by atoms with E-state index in [0.717, 1.165) is 0 Å². The molecule has 0 aromatic rings. The summed E-state index contributed by atoms with van der Waals surface area (Å²) in [5.41, 5.74) is 0. The van der Waals surface area contributed by atoms with Crippen LogP contribution in [0, 0.1) is 0 Å². The van der Waals surface area contributed by atoms with Crippen LogP contribution in [-0.2, 0) is 0 Å². The van der Waals surface area contributed by atoms with Crippen molar-refractivity contribution in [2.45, 2.75) is 39.5 Å². The van der Waals surface area contributed by atoms with E-state index in [1.54, 1.807) is 0 Å². The molecule has 0 aliphatic carbocycles. The van der Waals surface area contributed by atoms with Crippen LogP contribution < -0.4 is 0 Å². The average Bonchev–Trinajstić information content (AvgIpc) is 1.61. The second-order valence-corrected chi connectivity index (χ2v) is 1.71. The van der Waals surface area contributed by atoms with Gasteiger partial charge in [0.15, 0.2) is 0 Å². The van der Waals surface area contributed by atoms with E-state index < -0.39 is 0 Å². The van der Waals surface area contributed by atoms with Gasteiger partial charge in [0.1, 0.15) is 0 Å². The minimum absolute atomic E-state index is 0. The van der Waals surface area contributed by atoms with Crippen molar-refractivity contribution in [1.82, 2.24) is 0 Å². The minimum atomic E-state index is 0. The van der Waals surface area contributed by atoms with Crippen molar-refractivity contribution in [2.75, 3.05) is 0 Å². The van der Waals surface area contributed by atoms with Crippen LogP contribution in [0.3, 0.4) is 0 Å². The SMILES string of the molecule is CCCCCC.O.[HH]. The highest BCUT2D eigenvalue weighted by molar-refractivity contribution is 4.31. The Morgan fingerprint density at radius 3 is 1.43 bits per heavy atom. The Labute approximate surface area is 47.5 Å². The number of hydrogen-bond donors (Lipinski definition) is 0. The van der Waals surface area contributed by atoms with E-state index in [0.29, 0.717) is 0 Å². The zero-order chi connectivity index (χ0) is 4.83. The standard InChI is InChI=1S/C6H14.H2O.H2/c1-3-5-6-4-2;;/h3-6H2,1-2H3;1H2;1H. The molecule has 0 rings (SSSR count). The molecular formula is C6H18O. The van der Waals surface area contributed by atoms with E-state index in [9.17, 15) is 0 Å². The fraction of sp³-hybridized carbons (Fsp3) is 1.00. The predicted molar refractivity (Wildman–Crippen MR) is 35.5 cm³/mol. The highest BCUT2D eigenvalue weighted by Gasteiger charge is 1.75. The van der Waals surface area contributed by atoms with Gasteiger partial charge in [-0.1, -0.05) is 39.5 Å². The van der Waals surface area contributed by atoms with E-state index in [1.807, 2.05) is 0 Å². The van der Waals surface area contributed by atoms with Gasteiger partial charge in [-0.15, -0.1) is 0 Å². The molecule has 0 spiro atoms. The number of rotatable bonds is 3. The lowest BCUT2D eigenvalue weighted by atomic mass is 10.2. The van der Waals surface area contributed by atoms with Gasteiger partial charge in [0, 0.05) is 1.43 Å². The lowest BCUT2D eigenvalue weighted by Gasteiger charge is -1.86. The van der Waals surface area contributed by atoms with Crippen LogP contribution in [0.1, 0.15) is 41.0 Å². The molecular weight excluding hydrogens is 88.1 g/mol. The van der Waals surface area contributed by atoms with Crippen LogP contribution in [0.5, 0.6) is 0 Å². The van der Waals surface area contributed by atoms with Crippen molar-refractivity contribution < 1.29 is 6.90 Å². The van der Waals surface area contributed by atoms with E-state index in [4.69, 9.17) is 0 Å². The molecule has 0 saturated carbocycles. The Balaban J connectivity index is -0.000000125. The summed E-state index contributed by atoms with van der Waals surface area (Å²) in [4.78, 5) is 0. The Bertz CT molecular complexity index is 20.5. The Morgan fingerprint density at radius 2 is 1.29 bits per heavy atom. The van der Waals surface area contributed by atoms with Crippen molar-refractivity contribution in [3.05, 3.63) is 0 Å². The lowest BCUT2D eigenvalue weighted by molar-refractivity contribution is 0.702. The van der Waals surface area contributed by atoms with Crippen LogP contribution >= 0.6 is 0 Å². The molecule has 0 aromatic heterocycles. The summed E-state index contributed by atoms with van der Waals surface area (Å²) in [5.74, 6) is 0. The van der Waals surface area contributed by atoms with Gasteiger partial charge in [-0.25, -0.2) is 0 Å². The Hall–Kier alpha value is -0.0400. The molecule has 0 fully saturated rings. The lowest BCUT2D eigenvalue weighted by Crippen LogP contribution is -1.66. The van der Waals surface area contributed by atoms with Gasteiger partial charge in [-0.2, -0.15) is 0 Å².